The average molecular weight is 253 g/mol. The van der Waals surface area contributed by atoms with Gasteiger partial charge >= 0.3 is 0 Å². The number of hydrogen-bond donors (Lipinski definition) is 1. The van der Waals surface area contributed by atoms with Gasteiger partial charge in [0.15, 0.2) is 0 Å². The van der Waals surface area contributed by atoms with Gasteiger partial charge in [-0.25, -0.2) is 0 Å². The molecule has 1 saturated carbocycles. The highest BCUT2D eigenvalue weighted by atomic mass is 15.1. The zero-order valence-electron chi connectivity index (χ0n) is 12.3. The average Bonchev–Trinajstić information content (AvgIpc) is 2.75. The lowest BCUT2D eigenvalue weighted by molar-refractivity contribution is 0.161. The summed E-state index contributed by atoms with van der Waals surface area (Å²) in [5.74, 6) is 2.53. The minimum Gasteiger partial charge on any atom is -0.330 e. The highest BCUT2D eigenvalue weighted by molar-refractivity contribution is 4.80. The third kappa shape index (κ3) is 3.94. The Morgan fingerprint density at radius 2 is 1.83 bits per heavy atom. The SMILES string of the molecule is CN1CCC(CN(C)CC2CCCCC2CN)C1. The molecule has 2 rings (SSSR count). The molecular weight excluding hydrogens is 222 g/mol. The van der Waals surface area contributed by atoms with E-state index in [0.29, 0.717) is 0 Å². The molecular formula is C15H31N3. The normalized spacial score (nSPS) is 34.3. The molecule has 2 fully saturated rings. The molecule has 3 unspecified atom stereocenters. The summed E-state index contributed by atoms with van der Waals surface area (Å²) in [6.45, 7) is 6.01. The fourth-order valence-corrected chi connectivity index (χ4v) is 3.93. The van der Waals surface area contributed by atoms with Crippen LogP contribution in [0.15, 0.2) is 0 Å². The Morgan fingerprint density at radius 1 is 1.11 bits per heavy atom. The van der Waals surface area contributed by atoms with E-state index in [-0.39, 0.29) is 0 Å². The largest absolute Gasteiger partial charge is 0.330 e. The highest BCUT2D eigenvalue weighted by Crippen LogP contribution is 2.30. The highest BCUT2D eigenvalue weighted by Gasteiger charge is 2.26. The van der Waals surface area contributed by atoms with Gasteiger partial charge in [0.05, 0.1) is 0 Å². The van der Waals surface area contributed by atoms with Gasteiger partial charge in [0, 0.05) is 19.6 Å². The first kappa shape index (κ1) is 14.3. The minimum atomic E-state index is 0.785. The van der Waals surface area contributed by atoms with E-state index in [1.165, 1.54) is 58.3 Å². The van der Waals surface area contributed by atoms with E-state index in [4.69, 9.17) is 5.73 Å². The fourth-order valence-electron chi connectivity index (χ4n) is 3.93. The van der Waals surface area contributed by atoms with Crippen LogP contribution >= 0.6 is 0 Å². The molecule has 1 heterocycles. The third-order valence-electron chi connectivity index (χ3n) is 4.97. The van der Waals surface area contributed by atoms with Crippen LogP contribution in [0.2, 0.25) is 0 Å². The third-order valence-corrected chi connectivity index (χ3v) is 4.97. The Hall–Kier alpha value is -0.120. The Morgan fingerprint density at radius 3 is 2.44 bits per heavy atom. The second-order valence-corrected chi connectivity index (χ2v) is 6.68. The summed E-state index contributed by atoms with van der Waals surface area (Å²) in [7, 11) is 4.55. The van der Waals surface area contributed by atoms with Crippen LogP contribution in [-0.2, 0) is 0 Å². The van der Waals surface area contributed by atoms with Crippen molar-refractivity contribution in [1.82, 2.24) is 9.80 Å². The minimum absolute atomic E-state index is 0.785. The molecule has 0 aromatic heterocycles. The molecule has 2 aliphatic rings. The van der Waals surface area contributed by atoms with Gasteiger partial charge in [-0.1, -0.05) is 12.8 Å². The van der Waals surface area contributed by atoms with Crippen molar-refractivity contribution in [2.24, 2.45) is 23.5 Å². The molecule has 0 amide bonds. The van der Waals surface area contributed by atoms with Gasteiger partial charge in [0.2, 0.25) is 0 Å². The van der Waals surface area contributed by atoms with Crippen molar-refractivity contribution in [3.63, 3.8) is 0 Å². The van der Waals surface area contributed by atoms with E-state index in [0.717, 1.165) is 24.3 Å². The Kier molecular flexibility index (Phi) is 5.46. The summed E-state index contributed by atoms with van der Waals surface area (Å²) in [5.41, 5.74) is 5.93. The molecule has 3 nitrogen and oxygen atoms in total. The van der Waals surface area contributed by atoms with Crippen LogP contribution in [0.4, 0.5) is 0 Å². The smallest absolute Gasteiger partial charge is 0.00194 e. The summed E-state index contributed by atoms with van der Waals surface area (Å²) >= 11 is 0. The molecule has 0 radical (unpaired) electrons. The molecule has 1 aliphatic heterocycles. The Labute approximate surface area is 113 Å². The van der Waals surface area contributed by atoms with Gasteiger partial charge in [0.1, 0.15) is 0 Å². The maximum atomic E-state index is 5.93. The van der Waals surface area contributed by atoms with Gasteiger partial charge in [-0.15, -0.1) is 0 Å². The fraction of sp³-hybridized carbons (Fsp3) is 1.00. The number of nitrogens with zero attached hydrogens (tertiary/aromatic N) is 2. The quantitative estimate of drug-likeness (QED) is 0.808. The van der Waals surface area contributed by atoms with E-state index in [1.54, 1.807) is 0 Å². The number of hydrogen-bond acceptors (Lipinski definition) is 3. The van der Waals surface area contributed by atoms with Gasteiger partial charge in [-0.2, -0.15) is 0 Å². The van der Waals surface area contributed by atoms with Crippen LogP contribution in [0, 0.1) is 17.8 Å². The standard InChI is InChI=1S/C15H31N3/c1-17-8-7-13(10-17)11-18(2)12-15-6-4-3-5-14(15)9-16/h13-15H,3-12,16H2,1-2H3. The Bertz CT molecular complexity index is 244. The molecule has 0 spiro atoms. The zero-order chi connectivity index (χ0) is 13.0. The van der Waals surface area contributed by atoms with Gasteiger partial charge in [0.25, 0.3) is 0 Å². The summed E-state index contributed by atoms with van der Waals surface area (Å²) in [4.78, 5) is 5.03. The molecule has 0 aromatic carbocycles. The number of rotatable bonds is 5. The van der Waals surface area contributed by atoms with E-state index >= 15 is 0 Å². The molecule has 3 heteroatoms. The van der Waals surface area contributed by atoms with Crippen molar-refractivity contribution >= 4 is 0 Å². The molecule has 18 heavy (non-hydrogen) atoms. The maximum Gasteiger partial charge on any atom is 0.00194 e. The number of nitrogens with two attached hydrogens (primary N) is 1. The lowest BCUT2D eigenvalue weighted by Gasteiger charge is -2.34. The summed E-state index contributed by atoms with van der Waals surface area (Å²) < 4.78 is 0. The van der Waals surface area contributed by atoms with Crippen LogP contribution < -0.4 is 5.73 Å². The first-order valence-electron chi connectivity index (χ1n) is 7.76. The van der Waals surface area contributed by atoms with Crippen LogP contribution in [0.25, 0.3) is 0 Å². The summed E-state index contributed by atoms with van der Waals surface area (Å²) in [6, 6.07) is 0. The summed E-state index contributed by atoms with van der Waals surface area (Å²) in [5, 5.41) is 0. The van der Waals surface area contributed by atoms with Crippen molar-refractivity contribution in [2.45, 2.75) is 32.1 Å². The first-order valence-corrected chi connectivity index (χ1v) is 7.76. The molecule has 2 N–H and O–H groups in total. The van der Waals surface area contributed by atoms with Gasteiger partial charge < -0.3 is 15.5 Å². The topological polar surface area (TPSA) is 32.5 Å². The molecule has 3 atom stereocenters. The second-order valence-electron chi connectivity index (χ2n) is 6.68. The molecule has 0 aromatic rings. The lowest BCUT2D eigenvalue weighted by Crippen LogP contribution is -2.37. The van der Waals surface area contributed by atoms with E-state index < -0.39 is 0 Å². The lowest BCUT2D eigenvalue weighted by atomic mass is 9.79. The second kappa shape index (κ2) is 6.88. The van der Waals surface area contributed by atoms with Crippen LogP contribution in [0.5, 0.6) is 0 Å². The maximum absolute atomic E-state index is 5.93. The van der Waals surface area contributed by atoms with E-state index in [9.17, 15) is 0 Å². The monoisotopic (exact) mass is 253 g/mol. The molecule has 0 bridgehead atoms. The predicted octanol–water partition coefficient (Wildman–Crippen LogP) is 1.64. The molecule has 1 aliphatic carbocycles. The molecule has 1 saturated heterocycles. The molecule has 106 valence electrons. The summed E-state index contributed by atoms with van der Waals surface area (Å²) in [6.07, 6.45) is 6.96. The zero-order valence-corrected chi connectivity index (χ0v) is 12.3. The van der Waals surface area contributed by atoms with Crippen molar-refractivity contribution in [3.8, 4) is 0 Å². The van der Waals surface area contributed by atoms with Crippen LogP contribution in [0.3, 0.4) is 0 Å². The van der Waals surface area contributed by atoms with Crippen molar-refractivity contribution < 1.29 is 0 Å². The van der Waals surface area contributed by atoms with Gasteiger partial charge in [-0.05, 0) is 64.2 Å². The predicted molar refractivity (Wildman–Crippen MR) is 77.6 cm³/mol. The van der Waals surface area contributed by atoms with E-state index in [1.807, 2.05) is 0 Å². The number of likely N-dealkylation sites (tertiary alicyclic amines) is 1. The van der Waals surface area contributed by atoms with Crippen molar-refractivity contribution in [3.05, 3.63) is 0 Å². The van der Waals surface area contributed by atoms with Crippen LogP contribution in [0.1, 0.15) is 32.1 Å². The first-order chi connectivity index (χ1) is 8.69. The van der Waals surface area contributed by atoms with Crippen molar-refractivity contribution in [2.75, 3.05) is 46.8 Å². The van der Waals surface area contributed by atoms with Crippen LogP contribution in [-0.4, -0.2) is 56.6 Å². The van der Waals surface area contributed by atoms with Gasteiger partial charge in [-0.3, -0.25) is 0 Å². The Balaban J connectivity index is 1.73. The van der Waals surface area contributed by atoms with E-state index in [2.05, 4.69) is 23.9 Å². The van der Waals surface area contributed by atoms with Crippen molar-refractivity contribution in [1.29, 1.82) is 0 Å².